The van der Waals surface area contributed by atoms with Gasteiger partial charge >= 0.3 is 11.9 Å². The molecular formula is C19H21N5O4. The van der Waals surface area contributed by atoms with Crippen LogP contribution in [0.2, 0.25) is 0 Å². The van der Waals surface area contributed by atoms with Crippen LogP contribution in [0.3, 0.4) is 0 Å². The first-order valence-electron chi connectivity index (χ1n) is 8.56. The second-order valence-electron chi connectivity index (χ2n) is 6.18. The molecule has 0 atom stereocenters. The normalized spacial score (nSPS) is 10.5. The summed E-state index contributed by atoms with van der Waals surface area (Å²) in [7, 11) is 5.03. The summed E-state index contributed by atoms with van der Waals surface area (Å²) in [6, 6.07) is 15.1. The summed E-state index contributed by atoms with van der Waals surface area (Å²) >= 11 is 0. The molecule has 3 rings (SSSR count). The smallest absolute Gasteiger partial charge is 0.493 e. The molecule has 1 aromatic heterocycles. The van der Waals surface area contributed by atoms with E-state index in [9.17, 15) is 10.1 Å². The zero-order valence-electron chi connectivity index (χ0n) is 15.9. The van der Waals surface area contributed by atoms with Gasteiger partial charge in [-0.25, -0.2) is 0 Å². The van der Waals surface area contributed by atoms with Crippen molar-refractivity contribution in [2.45, 2.75) is 13.1 Å². The van der Waals surface area contributed by atoms with Crippen LogP contribution in [0.25, 0.3) is 0 Å². The van der Waals surface area contributed by atoms with Gasteiger partial charge in [-0.05, 0) is 45.3 Å². The Morgan fingerprint density at radius 1 is 1.00 bits per heavy atom. The highest BCUT2D eigenvalue weighted by Crippen LogP contribution is 2.20. The number of aromatic nitrogens is 3. The van der Waals surface area contributed by atoms with Crippen molar-refractivity contribution in [2.75, 3.05) is 26.2 Å². The predicted octanol–water partition coefficient (Wildman–Crippen LogP) is 2.89. The Morgan fingerprint density at radius 2 is 1.54 bits per heavy atom. The number of ether oxygens (including phenoxy) is 2. The maximum Gasteiger partial charge on any atom is 0.493 e. The van der Waals surface area contributed by atoms with E-state index in [0.717, 1.165) is 22.6 Å². The summed E-state index contributed by atoms with van der Waals surface area (Å²) in [4.78, 5) is 16.5. The minimum Gasteiger partial charge on any atom is -0.497 e. The van der Waals surface area contributed by atoms with E-state index in [0.29, 0.717) is 19.0 Å². The fraction of sp³-hybridized carbons (Fsp3) is 0.263. The molecule has 2 aromatic carbocycles. The monoisotopic (exact) mass is 383 g/mol. The Kier molecular flexibility index (Phi) is 5.73. The molecule has 9 nitrogen and oxygen atoms in total. The molecule has 0 aliphatic heterocycles. The first-order valence-corrected chi connectivity index (χ1v) is 8.56. The quantitative estimate of drug-likeness (QED) is 0.436. The third-order valence-electron chi connectivity index (χ3n) is 4.22. The van der Waals surface area contributed by atoms with E-state index in [2.05, 4.69) is 10.1 Å². The van der Waals surface area contributed by atoms with E-state index in [4.69, 9.17) is 9.47 Å². The van der Waals surface area contributed by atoms with E-state index in [1.165, 1.54) is 4.68 Å². The molecule has 28 heavy (non-hydrogen) atoms. The van der Waals surface area contributed by atoms with E-state index in [1.807, 2.05) is 60.5 Å². The SMILES string of the molecule is COc1ccc(CN(C)c2nc([N+](=O)[O-])nn2Cc2ccc(OC)cc2)cc1. The molecular weight excluding hydrogens is 362 g/mol. The van der Waals surface area contributed by atoms with Gasteiger partial charge in [-0.3, -0.25) is 0 Å². The van der Waals surface area contributed by atoms with Gasteiger partial charge in [0.05, 0.1) is 20.8 Å². The molecule has 0 bridgehead atoms. The van der Waals surface area contributed by atoms with E-state index in [-0.39, 0.29) is 0 Å². The lowest BCUT2D eigenvalue weighted by atomic mass is 10.2. The van der Waals surface area contributed by atoms with Gasteiger partial charge in [0.2, 0.25) is 0 Å². The Morgan fingerprint density at radius 3 is 2.04 bits per heavy atom. The molecule has 1 heterocycles. The number of hydrogen-bond acceptors (Lipinski definition) is 7. The molecule has 0 fully saturated rings. The average molecular weight is 383 g/mol. The van der Waals surface area contributed by atoms with Gasteiger partial charge in [-0.15, -0.1) is 4.68 Å². The maximum atomic E-state index is 11.2. The highest BCUT2D eigenvalue weighted by molar-refractivity contribution is 5.37. The summed E-state index contributed by atoms with van der Waals surface area (Å²) in [5.41, 5.74) is 1.95. The number of anilines is 1. The summed E-state index contributed by atoms with van der Waals surface area (Å²) in [6.07, 6.45) is 0. The molecule has 0 radical (unpaired) electrons. The van der Waals surface area contributed by atoms with Crippen LogP contribution >= 0.6 is 0 Å². The fourth-order valence-electron chi connectivity index (χ4n) is 2.77. The Bertz CT molecular complexity index is 938. The van der Waals surface area contributed by atoms with E-state index < -0.39 is 10.9 Å². The van der Waals surface area contributed by atoms with Gasteiger partial charge in [0.15, 0.2) is 0 Å². The van der Waals surface area contributed by atoms with Crippen LogP contribution in [-0.4, -0.2) is 41.0 Å². The molecule has 0 amide bonds. The summed E-state index contributed by atoms with van der Waals surface area (Å²) in [5, 5.41) is 15.2. The van der Waals surface area contributed by atoms with E-state index in [1.54, 1.807) is 14.2 Å². The molecule has 146 valence electrons. The second kappa shape index (κ2) is 8.38. The first-order chi connectivity index (χ1) is 13.5. The number of nitrogens with zero attached hydrogens (tertiary/aromatic N) is 5. The van der Waals surface area contributed by atoms with Crippen LogP contribution in [0.5, 0.6) is 11.5 Å². The second-order valence-corrected chi connectivity index (χ2v) is 6.18. The summed E-state index contributed by atoms with van der Waals surface area (Å²) in [5.74, 6) is 1.50. The summed E-state index contributed by atoms with van der Waals surface area (Å²) in [6.45, 7) is 0.871. The lowest BCUT2D eigenvalue weighted by molar-refractivity contribution is -0.394. The number of methoxy groups -OCH3 is 2. The van der Waals surface area contributed by atoms with Crippen LogP contribution in [0.15, 0.2) is 48.5 Å². The molecule has 0 unspecified atom stereocenters. The maximum absolute atomic E-state index is 11.2. The van der Waals surface area contributed by atoms with Crippen LogP contribution in [-0.2, 0) is 13.1 Å². The Hall–Kier alpha value is -3.62. The van der Waals surface area contributed by atoms with Crippen molar-refractivity contribution in [3.05, 3.63) is 69.8 Å². The molecule has 0 N–H and O–H groups in total. The van der Waals surface area contributed by atoms with Gasteiger partial charge in [-0.2, -0.15) is 0 Å². The number of benzene rings is 2. The van der Waals surface area contributed by atoms with Crippen LogP contribution in [0, 0.1) is 10.1 Å². The highest BCUT2D eigenvalue weighted by Gasteiger charge is 2.24. The lowest BCUT2D eigenvalue weighted by Gasteiger charge is -2.16. The van der Waals surface area contributed by atoms with Crippen molar-refractivity contribution in [3.63, 3.8) is 0 Å². The predicted molar refractivity (Wildman–Crippen MR) is 104 cm³/mol. The van der Waals surface area contributed by atoms with Gasteiger partial charge in [-0.1, -0.05) is 24.3 Å². The van der Waals surface area contributed by atoms with Gasteiger partial charge < -0.3 is 24.5 Å². The molecule has 0 spiro atoms. The largest absolute Gasteiger partial charge is 0.497 e. The zero-order chi connectivity index (χ0) is 20.1. The number of nitro groups is 1. The number of hydrogen-bond donors (Lipinski definition) is 0. The third kappa shape index (κ3) is 4.37. The highest BCUT2D eigenvalue weighted by atomic mass is 16.6. The Labute approximate surface area is 162 Å². The van der Waals surface area contributed by atoms with Gasteiger partial charge in [0.25, 0.3) is 0 Å². The molecule has 0 aliphatic carbocycles. The molecule has 3 aromatic rings. The standard InChI is InChI=1S/C19H21N5O4/c1-22(12-14-4-8-16(27-2)9-5-14)19-20-18(24(25)26)21-23(19)13-15-6-10-17(28-3)11-7-15/h4-11H,12-13H2,1-3H3. The van der Waals surface area contributed by atoms with Crippen molar-refractivity contribution >= 4 is 11.9 Å². The number of rotatable bonds is 8. The first kappa shape index (κ1) is 19.2. The van der Waals surface area contributed by atoms with Crippen LogP contribution < -0.4 is 14.4 Å². The lowest BCUT2D eigenvalue weighted by Crippen LogP contribution is -2.21. The molecule has 0 aliphatic rings. The minimum absolute atomic E-state index is 0.354. The molecule has 0 saturated carbocycles. The fourth-order valence-corrected chi connectivity index (χ4v) is 2.77. The molecule has 9 heteroatoms. The van der Waals surface area contributed by atoms with Crippen LogP contribution in [0.4, 0.5) is 11.9 Å². The summed E-state index contributed by atoms with van der Waals surface area (Å²) < 4.78 is 11.9. The van der Waals surface area contributed by atoms with E-state index >= 15 is 0 Å². The third-order valence-corrected chi connectivity index (χ3v) is 4.22. The zero-order valence-corrected chi connectivity index (χ0v) is 15.9. The van der Waals surface area contributed by atoms with Crippen molar-refractivity contribution < 1.29 is 14.4 Å². The molecule has 0 saturated heterocycles. The Balaban J connectivity index is 1.84. The van der Waals surface area contributed by atoms with Gasteiger partial charge in [0, 0.05) is 18.7 Å². The van der Waals surface area contributed by atoms with Gasteiger partial charge in [0.1, 0.15) is 11.5 Å². The van der Waals surface area contributed by atoms with Crippen molar-refractivity contribution in [2.24, 2.45) is 0 Å². The average Bonchev–Trinajstić information content (AvgIpc) is 3.13. The topological polar surface area (TPSA) is 95.5 Å². The van der Waals surface area contributed by atoms with Crippen molar-refractivity contribution in [1.29, 1.82) is 0 Å². The van der Waals surface area contributed by atoms with Crippen LogP contribution in [0.1, 0.15) is 11.1 Å². The van der Waals surface area contributed by atoms with Crippen molar-refractivity contribution in [1.82, 2.24) is 14.8 Å². The minimum atomic E-state index is -0.588. The van der Waals surface area contributed by atoms with Crippen molar-refractivity contribution in [3.8, 4) is 11.5 Å².